The number of nitrogens with one attached hydrogen (secondary N) is 1. The summed E-state index contributed by atoms with van der Waals surface area (Å²) in [6.45, 7) is 3.52. The number of rotatable bonds is 4. The summed E-state index contributed by atoms with van der Waals surface area (Å²) in [5, 5.41) is 3.73. The van der Waals surface area contributed by atoms with Crippen LogP contribution in [0.5, 0.6) is 0 Å². The molecule has 0 aliphatic heterocycles. The fraction of sp³-hybridized carbons (Fsp3) is 0.647. The van der Waals surface area contributed by atoms with E-state index in [-0.39, 0.29) is 0 Å². The first-order chi connectivity index (χ1) is 8.83. The fourth-order valence-corrected chi connectivity index (χ4v) is 3.54. The molecular formula is C17H25N. The molecule has 1 aromatic carbocycles. The van der Waals surface area contributed by atoms with Gasteiger partial charge in [0.2, 0.25) is 0 Å². The van der Waals surface area contributed by atoms with Gasteiger partial charge in [-0.3, -0.25) is 0 Å². The van der Waals surface area contributed by atoms with Crippen LogP contribution in [-0.2, 0) is 12.8 Å². The van der Waals surface area contributed by atoms with Crippen molar-refractivity contribution >= 4 is 0 Å². The first kappa shape index (κ1) is 12.2. The van der Waals surface area contributed by atoms with Gasteiger partial charge in [0.1, 0.15) is 0 Å². The van der Waals surface area contributed by atoms with E-state index in [0.29, 0.717) is 6.04 Å². The zero-order valence-electron chi connectivity index (χ0n) is 11.5. The lowest BCUT2D eigenvalue weighted by Crippen LogP contribution is -2.24. The first-order valence-electron chi connectivity index (χ1n) is 7.68. The Hall–Kier alpha value is -0.820. The molecule has 0 bridgehead atoms. The van der Waals surface area contributed by atoms with Crippen LogP contribution in [0.15, 0.2) is 18.2 Å². The van der Waals surface area contributed by atoms with Crippen LogP contribution < -0.4 is 5.32 Å². The highest BCUT2D eigenvalue weighted by molar-refractivity contribution is 5.36. The van der Waals surface area contributed by atoms with Gasteiger partial charge in [-0.25, -0.2) is 0 Å². The van der Waals surface area contributed by atoms with Crippen LogP contribution in [0, 0.1) is 5.92 Å². The van der Waals surface area contributed by atoms with E-state index in [9.17, 15) is 0 Å². The molecule has 0 aromatic heterocycles. The van der Waals surface area contributed by atoms with Crippen LogP contribution >= 0.6 is 0 Å². The number of hydrogen-bond donors (Lipinski definition) is 1. The van der Waals surface area contributed by atoms with Crippen molar-refractivity contribution in [2.45, 2.75) is 57.9 Å². The van der Waals surface area contributed by atoms with E-state index < -0.39 is 0 Å². The van der Waals surface area contributed by atoms with Crippen molar-refractivity contribution in [3.05, 3.63) is 34.9 Å². The van der Waals surface area contributed by atoms with Gasteiger partial charge in [0, 0.05) is 6.04 Å². The van der Waals surface area contributed by atoms with Gasteiger partial charge < -0.3 is 5.32 Å². The maximum absolute atomic E-state index is 3.73. The second-order valence-electron chi connectivity index (χ2n) is 6.16. The van der Waals surface area contributed by atoms with Crippen LogP contribution in [0.2, 0.25) is 0 Å². The molecule has 1 aromatic rings. The van der Waals surface area contributed by atoms with Gasteiger partial charge in [-0.2, -0.15) is 0 Å². The van der Waals surface area contributed by atoms with Crippen LogP contribution in [0.1, 0.15) is 61.8 Å². The van der Waals surface area contributed by atoms with E-state index in [0.717, 1.165) is 5.92 Å². The Morgan fingerprint density at radius 3 is 2.72 bits per heavy atom. The molecule has 1 fully saturated rings. The Labute approximate surface area is 111 Å². The average Bonchev–Trinajstić information content (AvgIpc) is 3.05. The highest BCUT2D eigenvalue weighted by Gasteiger charge is 2.17. The van der Waals surface area contributed by atoms with E-state index in [1.165, 1.54) is 57.1 Å². The summed E-state index contributed by atoms with van der Waals surface area (Å²) >= 11 is 0. The quantitative estimate of drug-likeness (QED) is 0.842. The fourth-order valence-electron chi connectivity index (χ4n) is 3.54. The van der Waals surface area contributed by atoms with Crippen LogP contribution in [0.25, 0.3) is 0 Å². The third kappa shape index (κ3) is 2.61. The average molecular weight is 243 g/mol. The van der Waals surface area contributed by atoms with Crippen molar-refractivity contribution in [3.63, 3.8) is 0 Å². The minimum atomic E-state index is 0.511. The third-order valence-electron chi connectivity index (χ3n) is 4.81. The molecule has 2 aliphatic rings. The molecule has 0 heterocycles. The normalized spacial score (nSPS) is 21.2. The Kier molecular flexibility index (Phi) is 3.69. The van der Waals surface area contributed by atoms with E-state index in [1.54, 1.807) is 11.1 Å². The molecule has 0 spiro atoms. The molecule has 1 unspecified atom stereocenters. The first-order valence-corrected chi connectivity index (χ1v) is 7.68. The predicted octanol–water partition coefficient (Wildman–Crippen LogP) is 4.02. The molecule has 18 heavy (non-hydrogen) atoms. The standard InChI is InChI=1S/C17H25N/c1-13(18-12-14-5-2-3-6-14)16-10-9-15-7-4-8-17(15)11-16/h9-11,13-14,18H,2-8,12H2,1H3. The van der Waals surface area contributed by atoms with E-state index in [4.69, 9.17) is 0 Å². The van der Waals surface area contributed by atoms with Crippen molar-refractivity contribution in [2.75, 3.05) is 6.54 Å². The van der Waals surface area contributed by atoms with Crippen molar-refractivity contribution in [1.82, 2.24) is 5.32 Å². The van der Waals surface area contributed by atoms with Gasteiger partial charge in [-0.1, -0.05) is 31.0 Å². The molecule has 0 saturated heterocycles. The molecule has 1 nitrogen and oxygen atoms in total. The van der Waals surface area contributed by atoms with E-state index in [1.807, 2.05) is 0 Å². The molecule has 3 rings (SSSR count). The lowest BCUT2D eigenvalue weighted by Gasteiger charge is -2.18. The number of fused-ring (bicyclic) bond motifs is 1. The van der Waals surface area contributed by atoms with Gasteiger partial charge >= 0.3 is 0 Å². The van der Waals surface area contributed by atoms with E-state index >= 15 is 0 Å². The van der Waals surface area contributed by atoms with Crippen LogP contribution in [-0.4, -0.2) is 6.54 Å². The van der Waals surface area contributed by atoms with Crippen molar-refractivity contribution in [3.8, 4) is 0 Å². The molecule has 1 N–H and O–H groups in total. The van der Waals surface area contributed by atoms with Gasteiger partial charge in [0.25, 0.3) is 0 Å². The summed E-state index contributed by atoms with van der Waals surface area (Å²) in [7, 11) is 0. The van der Waals surface area contributed by atoms with Crippen molar-refractivity contribution in [2.24, 2.45) is 5.92 Å². The molecule has 1 heteroatoms. The molecule has 1 atom stereocenters. The van der Waals surface area contributed by atoms with Crippen LogP contribution in [0.3, 0.4) is 0 Å². The van der Waals surface area contributed by atoms with E-state index in [2.05, 4.69) is 30.4 Å². The predicted molar refractivity (Wildman–Crippen MR) is 76.8 cm³/mol. The number of benzene rings is 1. The number of aryl methyl sites for hydroxylation is 2. The second-order valence-corrected chi connectivity index (χ2v) is 6.16. The second kappa shape index (κ2) is 5.44. The smallest absolute Gasteiger partial charge is 0.0292 e. The minimum absolute atomic E-state index is 0.511. The molecule has 0 amide bonds. The van der Waals surface area contributed by atoms with Crippen molar-refractivity contribution in [1.29, 1.82) is 0 Å². The summed E-state index contributed by atoms with van der Waals surface area (Å²) in [6.07, 6.45) is 9.69. The molecular weight excluding hydrogens is 218 g/mol. The topological polar surface area (TPSA) is 12.0 Å². The SMILES string of the molecule is CC(NCC1CCCC1)c1ccc2c(c1)CCC2. The maximum atomic E-state index is 3.73. The van der Waals surface area contributed by atoms with Gasteiger partial charge in [0.05, 0.1) is 0 Å². The Bertz CT molecular complexity index is 404. The Morgan fingerprint density at radius 2 is 1.89 bits per heavy atom. The van der Waals surface area contributed by atoms with Gasteiger partial charge in [-0.15, -0.1) is 0 Å². The largest absolute Gasteiger partial charge is 0.310 e. The lowest BCUT2D eigenvalue weighted by atomic mass is 10.0. The summed E-state index contributed by atoms with van der Waals surface area (Å²) in [6, 6.07) is 7.63. The minimum Gasteiger partial charge on any atom is -0.310 e. The summed E-state index contributed by atoms with van der Waals surface area (Å²) in [5.41, 5.74) is 4.66. The summed E-state index contributed by atoms with van der Waals surface area (Å²) in [5.74, 6) is 0.932. The molecule has 2 aliphatic carbocycles. The lowest BCUT2D eigenvalue weighted by molar-refractivity contribution is 0.452. The van der Waals surface area contributed by atoms with Gasteiger partial charge in [0.15, 0.2) is 0 Å². The monoisotopic (exact) mass is 243 g/mol. The molecule has 98 valence electrons. The Morgan fingerprint density at radius 1 is 1.11 bits per heavy atom. The highest BCUT2D eigenvalue weighted by atomic mass is 14.9. The van der Waals surface area contributed by atoms with Crippen LogP contribution in [0.4, 0.5) is 0 Å². The van der Waals surface area contributed by atoms with Crippen molar-refractivity contribution < 1.29 is 0 Å². The summed E-state index contributed by atoms with van der Waals surface area (Å²) in [4.78, 5) is 0. The maximum Gasteiger partial charge on any atom is 0.0292 e. The Balaban J connectivity index is 1.59. The highest BCUT2D eigenvalue weighted by Crippen LogP contribution is 2.27. The molecule has 1 saturated carbocycles. The summed E-state index contributed by atoms with van der Waals surface area (Å²) < 4.78 is 0. The van der Waals surface area contributed by atoms with Gasteiger partial charge in [-0.05, 0) is 68.2 Å². The molecule has 0 radical (unpaired) electrons. The zero-order chi connectivity index (χ0) is 12.4. The zero-order valence-corrected chi connectivity index (χ0v) is 11.5. The number of hydrogen-bond acceptors (Lipinski definition) is 1. The third-order valence-corrected chi connectivity index (χ3v) is 4.81.